The molecule has 0 radical (unpaired) electrons. The molecule has 2 aromatic carbocycles. The van der Waals surface area contributed by atoms with Gasteiger partial charge in [-0.3, -0.25) is 14.5 Å². The molecule has 4 aliphatic rings. The topological polar surface area (TPSA) is 135 Å². The maximum absolute atomic E-state index is 12.1. The summed E-state index contributed by atoms with van der Waals surface area (Å²) in [7, 11) is 3.16. The molecule has 11 nitrogen and oxygen atoms in total. The van der Waals surface area contributed by atoms with Crippen molar-refractivity contribution in [2.75, 3.05) is 27.3 Å². The molecule has 13 heteroatoms. The number of aliphatic carboxylic acids is 1. The average Bonchev–Trinajstić information content (AvgIpc) is 3.35. The van der Waals surface area contributed by atoms with Crippen LogP contribution in [0.3, 0.4) is 0 Å². The van der Waals surface area contributed by atoms with Crippen molar-refractivity contribution in [3.05, 3.63) is 86.9 Å². The van der Waals surface area contributed by atoms with Gasteiger partial charge in [-0.15, -0.1) is 0 Å². The molecule has 0 unspecified atom stereocenters. The Balaban J connectivity index is 1.00. The van der Waals surface area contributed by atoms with Crippen molar-refractivity contribution in [2.24, 2.45) is 5.92 Å². The summed E-state index contributed by atoms with van der Waals surface area (Å²) in [6.45, 7) is 2.33. The van der Waals surface area contributed by atoms with Gasteiger partial charge in [0.2, 0.25) is 23.5 Å². The number of methoxy groups -OCH3 is 2. The van der Waals surface area contributed by atoms with Gasteiger partial charge in [0.15, 0.2) is 0 Å². The molecule has 53 heavy (non-hydrogen) atoms. The number of pyridine rings is 2. The second kappa shape index (κ2) is 14.4. The van der Waals surface area contributed by atoms with Crippen LogP contribution >= 0.6 is 23.2 Å². The highest BCUT2D eigenvalue weighted by molar-refractivity contribution is 6.36. The molecule has 8 rings (SSSR count). The largest absolute Gasteiger partial charge is 0.481 e. The molecule has 0 spiro atoms. The van der Waals surface area contributed by atoms with Crippen molar-refractivity contribution < 1.29 is 28.9 Å². The predicted octanol–water partition coefficient (Wildman–Crippen LogP) is 6.62. The molecule has 4 aromatic rings. The highest BCUT2D eigenvalue weighted by atomic mass is 35.5. The van der Waals surface area contributed by atoms with Gasteiger partial charge in [-0.25, -0.2) is 4.98 Å². The number of aromatic nitrogens is 2. The first-order chi connectivity index (χ1) is 25.7. The van der Waals surface area contributed by atoms with Gasteiger partial charge < -0.3 is 30.0 Å². The second-order valence-corrected chi connectivity index (χ2v) is 15.1. The van der Waals surface area contributed by atoms with E-state index in [0.29, 0.717) is 66.5 Å². The van der Waals surface area contributed by atoms with Crippen LogP contribution in [0.1, 0.15) is 60.5 Å². The number of halogens is 2. The molecule has 3 N–H and O–H groups in total. The summed E-state index contributed by atoms with van der Waals surface area (Å²) in [5, 5.41) is 17.3. The van der Waals surface area contributed by atoms with Crippen LogP contribution < -0.4 is 24.8 Å². The summed E-state index contributed by atoms with van der Waals surface area (Å²) >= 11 is 14.0. The monoisotopic (exact) mass is 757 g/mol. The number of benzene rings is 2. The number of carbonyl (C=O) groups excluding carboxylic acids is 1. The van der Waals surface area contributed by atoms with Crippen LogP contribution in [-0.2, 0) is 29.1 Å². The summed E-state index contributed by atoms with van der Waals surface area (Å²) in [5.41, 5.74) is 6.46. The van der Waals surface area contributed by atoms with E-state index < -0.39 is 11.5 Å². The van der Waals surface area contributed by atoms with E-state index in [2.05, 4.69) is 27.8 Å². The summed E-state index contributed by atoms with van der Waals surface area (Å²) in [4.78, 5) is 35.1. The van der Waals surface area contributed by atoms with E-state index in [9.17, 15) is 14.7 Å². The maximum Gasteiger partial charge on any atom is 0.324 e. The zero-order valence-corrected chi connectivity index (χ0v) is 31.1. The number of rotatable bonds is 13. The minimum atomic E-state index is -0.788. The van der Waals surface area contributed by atoms with Crippen LogP contribution in [0.4, 0.5) is 0 Å². The first kappa shape index (κ1) is 35.6. The normalized spacial score (nSPS) is 23.0. The molecule has 2 aromatic heterocycles. The third kappa shape index (κ3) is 6.58. The number of nitrogens with one attached hydrogen (secondary N) is 2. The van der Waals surface area contributed by atoms with Gasteiger partial charge >= 0.3 is 5.97 Å². The summed E-state index contributed by atoms with van der Waals surface area (Å²) in [6.07, 6.45) is 4.16. The standard InChI is InChI=1S/C40H41Cl2N5O6/c1-51-36-22(19-43-20-25-10-14-34(48)44-25)9-12-32(45-36)30-8-4-7-29(35(30)42)26-5-3-6-28-27(26)11-13-33(28)53-38-31(41)17-23(37(46-38)52-2)21-47-16-15-24-18-40(24,47)39(49)50/h3-9,12,17,24-25,33,43H,10-11,13-16,18-21H2,1-2H3,(H,44,48)(H,49,50)/t24-,25+,33+,40+/m1/s1. The molecule has 1 saturated carbocycles. The number of carboxylic acids is 1. The van der Waals surface area contributed by atoms with Crippen LogP contribution in [0.15, 0.2) is 54.6 Å². The number of likely N-dealkylation sites (tertiary alicyclic amines) is 1. The quantitative estimate of drug-likeness (QED) is 0.137. The Bertz CT molecular complexity index is 2100. The zero-order chi connectivity index (χ0) is 36.9. The Morgan fingerprint density at radius 1 is 0.962 bits per heavy atom. The Hall–Kier alpha value is -4.42. The number of carbonyl (C=O) groups is 2. The minimum Gasteiger partial charge on any atom is -0.481 e. The van der Waals surface area contributed by atoms with Gasteiger partial charge in [-0.05, 0) is 73.4 Å². The van der Waals surface area contributed by atoms with Crippen molar-refractivity contribution in [2.45, 2.75) is 69.3 Å². The molecule has 1 amide bonds. The molecular weight excluding hydrogens is 717 g/mol. The van der Waals surface area contributed by atoms with Crippen molar-refractivity contribution in [3.63, 3.8) is 0 Å². The highest BCUT2D eigenvalue weighted by Gasteiger charge is 2.67. The van der Waals surface area contributed by atoms with E-state index in [1.165, 1.54) is 0 Å². The molecule has 4 heterocycles. The summed E-state index contributed by atoms with van der Waals surface area (Å²) < 4.78 is 17.8. The lowest BCUT2D eigenvalue weighted by molar-refractivity contribution is -0.144. The maximum atomic E-state index is 12.1. The molecule has 2 aliphatic carbocycles. The fraction of sp³-hybridized carbons (Fsp3) is 0.400. The zero-order valence-electron chi connectivity index (χ0n) is 29.6. The van der Waals surface area contributed by atoms with Gasteiger partial charge in [0.05, 0.1) is 24.9 Å². The number of fused-ring (bicyclic) bond motifs is 2. The van der Waals surface area contributed by atoms with Crippen molar-refractivity contribution in [1.29, 1.82) is 0 Å². The van der Waals surface area contributed by atoms with E-state index in [4.69, 9.17) is 42.4 Å². The van der Waals surface area contributed by atoms with E-state index in [1.807, 2.05) is 41.3 Å². The average molecular weight is 759 g/mol. The van der Waals surface area contributed by atoms with E-state index >= 15 is 0 Å². The van der Waals surface area contributed by atoms with Crippen molar-refractivity contribution in [3.8, 4) is 40.0 Å². The number of ether oxygens (including phenoxy) is 3. The van der Waals surface area contributed by atoms with Crippen LogP contribution in [0.25, 0.3) is 22.4 Å². The summed E-state index contributed by atoms with van der Waals surface area (Å²) in [6, 6.07) is 18.0. The Morgan fingerprint density at radius 2 is 1.74 bits per heavy atom. The molecule has 2 saturated heterocycles. The SMILES string of the molecule is COc1nc(-c2cccc(-c3cccc4c3CC[C@@H]4Oc3nc(OC)c(CN4CC[C@@H]5C[C@@]54C(=O)O)cc3Cl)c2Cl)ccc1CNC[C@@H]1CCC(=O)N1. The van der Waals surface area contributed by atoms with E-state index in [-0.39, 0.29) is 29.9 Å². The lowest BCUT2D eigenvalue weighted by Crippen LogP contribution is -2.41. The second-order valence-electron chi connectivity index (χ2n) is 14.3. The third-order valence-corrected chi connectivity index (χ3v) is 11.9. The van der Waals surface area contributed by atoms with Gasteiger partial charge in [0.25, 0.3) is 0 Å². The number of hydrogen-bond acceptors (Lipinski definition) is 9. The van der Waals surface area contributed by atoms with E-state index in [1.54, 1.807) is 20.3 Å². The Labute approximate surface area is 318 Å². The first-order valence-corrected chi connectivity index (χ1v) is 18.8. The minimum absolute atomic E-state index is 0.0989. The third-order valence-electron chi connectivity index (χ3n) is 11.3. The van der Waals surface area contributed by atoms with Crippen molar-refractivity contribution in [1.82, 2.24) is 25.5 Å². The number of piperidine rings is 1. The summed E-state index contributed by atoms with van der Waals surface area (Å²) in [5.74, 6) is 0.689. The molecule has 3 fully saturated rings. The Morgan fingerprint density at radius 3 is 2.49 bits per heavy atom. The van der Waals surface area contributed by atoms with Gasteiger partial charge in [0.1, 0.15) is 16.7 Å². The number of hydrogen-bond donors (Lipinski definition) is 3. The molecule has 2 aliphatic heterocycles. The predicted molar refractivity (Wildman–Crippen MR) is 201 cm³/mol. The highest BCUT2D eigenvalue weighted by Crippen LogP contribution is 2.56. The molecular formula is C40H41Cl2N5O6. The fourth-order valence-electron chi connectivity index (χ4n) is 8.45. The Kier molecular flexibility index (Phi) is 9.69. The smallest absolute Gasteiger partial charge is 0.324 e. The van der Waals surface area contributed by atoms with Crippen LogP contribution in [0.2, 0.25) is 10.0 Å². The van der Waals surface area contributed by atoms with Gasteiger partial charge in [-0.2, -0.15) is 4.98 Å². The molecule has 276 valence electrons. The lowest BCUT2D eigenvalue weighted by atomic mass is 9.94. The molecule has 0 bridgehead atoms. The van der Waals surface area contributed by atoms with Crippen LogP contribution in [0.5, 0.6) is 17.6 Å². The van der Waals surface area contributed by atoms with E-state index in [0.717, 1.165) is 64.6 Å². The van der Waals surface area contributed by atoms with Crippen molar-refractivity contribution >= 4 is 35.1 Å². The van der Waals surface area contributed by atoms with Gasteiger partial charge in [0, 0.05) is 54.4 Å². The number of nitrogens with zero attached hydrogens (tertiary/aromatic N) is 3. The number of amides is 1. The van der Waals surface area contributed by atoms with Crippen LogP contribution in [-0.4, -0.2) is 70.7 Å². The fourth-order valence-corrected chi connectivity index (χ4v) is 8.99. The lowest BCUT2D eigenvalue weighted by Gasteiger charge is -2.25. The number of carboxylic acid groups (broad SMARTS) is 1. The first-order valence-electron chi connectivity index (χ1n) is 18.0. The van der Waals surface area contributed by atoms with Gasteiger partial charge in [-0.1, -0.05) is 65.7 Å². The van der Waals surface area contributed by atoms with Crippen LogP contribution in [0, 0.1) is 5.92 Å². The molecule has 4 atom stereocenters.